The molecule has 0 bridgehead atoms. The number of nitrogens with zero attached hydrogens (tertiary/aromatic N) is 2. The number of hydrogen-bond donors (Lipinski definition) is 0. The third-order valence-electron chi connectivity index (χ3n) is 9.78. The Morgan fingerprint density at radius 2 is 1.50 bits per heavy atom. The van der Waals surface area contributed by atoms with Crippen LogP contribution in [0.3, 0.4) is 0 Å². The van der Waals surface area contributed by atoms with Gasteiger partial charge in [-0.25, -0.2) is 0 Å². The molecule has 0 spiro atoms. The summed E-state index contributed by atoms with van der Waals surface area (Å²) in [6.07, 6.45) is 4.95. The number of fused-ring (bicyclic) bond motifs is 8. The first-order chi connectivity index (χ1) is 18.7. The van der Waals surface area contributed by atoms with Crippen LogP contribution in [-0.2, 0) is 18.3 Å². The highest BCUT2D eigenvalue weighted by atomic mass is 15.2. The van der Waals surface area contributed by atoms with E-state index in [4.69, 9.17) is 0 Å². The Labute approximate surface area is 224 Å². The summed E-state index contributed by atoms with van der Waals surface area (Å²) in [7, 11) is 0. The van der Waals surface area contributed by atoms with Crippen LogP contribution in [0.25, 0.3) is 22.3 Å². The topological polar surface area (TPSA) is 8.17 Å². The highest BCUT2D eigenvalue weighted by Crippen LogP contribution is 2.54. The summed E-state index contributed by atoms with van der Waals surface area (Å²) >= 11 is 0. The maximum Gasteiger partial charge on any atom is 0.248 e. The van der Waals surface area contributed by atoms with Crippen molar-refractivity contribution in [3.8, 4) is 5.69 Å². The van der Waals surface area contributed by atoms with Crippen molar-refractivity contribution in [3.05, 3.63) is 119 Å². The lowest BCUT2D eigenvalue weighted by Gasteiger charge is -2.42. The van der Waals surface area contributed by atoms with Gasteiger partial charge < -0.3 is 9.47 Å². The van der Waals surface area contributed by atoms with E-state index in [9.17, 15) is 0 Å². The summed E-state index contributed by atoms with van der Waals surface area (Å²) in [5, 5.41) is 1.48. The van der Waals surface area contributed by atoms with Crippen LogP contribution < -0.4 is 15.8 Å². The van der Waals surface area contributed by atoms with Gasteiger partial charge in [-0.15, -0.1) is 0 Å². The first-order valence-corrected chi connectivity index (χ1v) is 14.1. The Hall–Kier alpha value is -3.98. The number of hydrogen-bond acceptors (Lipinski definition) is 1. The molecular formula is C35H29BN2. The minimum absolute atomic E-state index is 0.0784. The Balaban J connectivity index is 1.47. The fraction of sp³-hybridized carbons (Fsp3) is 0.200. The third kappa shape index (κ3) is 2.37. The molecule has 3 heterocycles. The van der Waals surface area contributed by atoms with Crippen LogP contribution in [0, 0.1) is 0 Å². The SMILES string of the molecule is CC1(C)C2=C(c3ccccc31)N(c1ccccc1)c1cccc3c1B2c1cccc2c4c(n-3c12)CCCC4. The molecular weight excluding hydrogens is 459 g/mol. The van der Waals surface area contributed by atoms with Gasteiger partial charge in [0.05, 0.1) is 0 Å². The molecule has 9 rings (SSSR count). The van der Waals surface area contributed by atoms with E-state index in [1.165, 1.54) is 81.4 Å². The molecule has 4 aromatic carbocycles. The Morgan fingerprint density at radius 1 is 0.737 bits per heavy atom. The molecule has 182 valence electrons. The lowest BCUT2D eigenvalue weighted by Crippen LogP contribution is -2.56. The average molecular weight is 488 g/mol. The fourth-order valence-electron chi connectivity index (χ4n) is 8.32. The molecule has 0 atom stereocenters. The predicted octanol–water partition coefficient (Wildman–Crippen LogP) is 6.83. The second-order valence-electron chi connectivity index (χ2n) is 12.0. The quantitative estimate of drug-likeness (QED) is 0.235. The summed E-state index contributed by atoms with van der Waals surface area (Å²) < 4.78 is 2.66. The molecule has 2 aliphatic heterocycles. The summed E-state index contributed by atoms with van der Waals surface area (Å²) in [6, 6.07) is 34.3. The summed E-state index contributed by atoms with van der Waals surface area (Å²) in [5.74, 6) is 0. The van der Waals surface area contributed by atoms with Crippen LogP contribution >= 0.6 is 0 Å². The van der Waals surface area contributed by atoms with Crippen molar-refractivity contribution in [2.45, 2.75) is 44.9 Å². The predicted molar refractivity (Wildman–Crippen MR) is 160 cm³/mol. The highest BCUT2D eigenvalue weighted by Gasteiger charge is 2.52. The summed E-state index contributed by atoms with van der Waals surface area (Å²) in [5.41, 5.74) is 17.2. The van der Waals surface area contributed by atoms with E-state index in [-0.39, 0.29) is 12.1 Å². The lowest BCUT2D eigenvalue weighted by molar-refractivity contribution is 0.664. The van der Waals surface area contributed by atoms with E-state index in [2.05, 4.69) is 114 Å². The zero-order chi connectivity index (χ0) is 25.2. The van der Waals surface area contributed by atoms with Crippen LogP contribution in [0.5, 0.6) is 0 Å². The number of benzene rings is 4. The van der Waals surface area contributed by atoms with Crippen LogP contribution in [0.1, 0.15) is 49.1 Å². The van der Waals surface area contributed by atoms with Gasteiger partial charge in [-0.3, -0.25) is 0 Å². The monoisotopic (exact) mass is 488 g/mol. The zero-order valence-corrected chi connectivity index (χ0v) is 22.0. The van der Waals surface area contributed by atoms with Gasteiger partial charge in [0.25, 0.3) is 0 Å². The highest BCUT2D eigenvalue weighted by molar-refractivity contribution is 6.96. The van der Waals surface area contributed by atoms with Gasteiger partial charge in [-0.2, -0.15) is 0 Å². The number of para-hydroxylation sites is 2. The number of anilines is 2. The molecule has 2 nitrogen and oxygen atoms in total. The first-order valence-electron chi connectivity index (χ1n) is 14.1. The maximum atomic E-state index is 2.66. The fourth-order valence-corrected chi connectivity index (χ4v) is 8.32. The van der Waals surface area contributed by atoms with Gasteiger partial charge >= 0.3 is 0 Å². The molecule has 3 heteroatoms. The lowest BCUT2D eigenvalue weighted by atomic mass is 9.30. The van der Waals surface area contributed by atoms with Crippen LogP contribution in [0.4, 0.5) is 11.4 Å². The average Bonchev–Trinajstić information content (AvgIpc) is 3.42. The molecule has 0 saturated carbocycles. The van der Waals surface area contributed by atoms with Crippen LogP contribution in [0.2, 0.25) is 0 Å². The molecule has 0 amide bonds. The van der Waals surface area contributed by atoms with Crippen molar-refractivity contribution in [3.63, 3.8) is 0 Å². The maximum absolute atomic E-state index is 2.66. The standard InChI is InChI=1S/C35H29BN2/c1-35(2)26-17-8-6-15-25(26)33-34(35)36-27-18-10-16-24-23-14-7-9-19-28(23)38(32(24)27)30-21-11-20-29(31(30)36)37(33)22-12-4-3-5-13-22/h3-6,8,10-13,15-18,20-21H,7,9,14,19H2,1-2H3. The molecule has 1 aromatic heterocycles. The molecule has 5 aromatic rings. The second-order valence-corrected chi connectivity index (χ2v) is 12.0. The zero-order valence-electron chi connectivity index (χ0n) is 22.0. The molecule has 0 N–H and O–H groups in total. The van der Waals surface area contributed by atoms with E-state index >= 15 is 0 Å². The molecule has 0 unspecified atom stereocenters. The number of aromatic nitrogens is 1. The first kappa shape index (κ1) is 21.0. The van der Waals surface area contributed by atoms with E-state index in [0.717, 1.165) is 0 Å². The molecule has 38 heavy (non-hydrogen) atoms. The van der Waals surface area contributed by atoms with E-state index in [0.29, 0.717) is 0 Å². The Morgan fingerprint density at radius 3 is 2.39 bits per heavy atom. The van der Waals surface area contributed by atoms with Gasteiger partial charge in [-0.05, 0) is 72.0 Å². The largest absolute Gasteiger partial charge is 0.314 e. The van der Waals surface area contributed by atoms with Crippen molar-refractivity contribution < 1.29 is 0 Å². The molecule has 4 aliphatic rings. The van der Waals surface area contributed by atoms with Crippen molar-refractivity contribution in [2.75, 3.05) is 4.90 Å². The van der Waals surface area contributed by atoms with Gasteiger partial charge in [0.15, 0.2) is 0 Å². The van der Waals surface area contributed by atoms with Crippen molar-refractivity contribution in [1.29, 1.82) is 0 Å². The van der Waals surface area contributed by atoms with Crippen molar-refractivity contribution >= 4 is 45.6 Å². The van der Waals surface area contributed by atoms with Crippen molar-refractivity contribution in [2.24, 2.45) is 0 Å². The van der Waals surface area contributed by atoms with E-state index < -0.39 is 0 Å². The van der Waals surface area contributed by atoms with Gasteiger partial charge in [0.1, 0.15) is 0 Å². The van der Waals surface area contributed by atoms with Gasteiger partial charge in [0.2, 0.25) is 6.71 Å². The molecule has 2 aliphatic carbocycles. The second kappa shape index (κ2) is 7.11. The van der Waals surface area contributed by atoms with Gasteiger partial charge in [-0.1, -0.05) is 86.0 Å². The van der Waals surface area contributed by atoms with Gasteiger partial charge in [0, 0.05) is 50.3 Å². The number of aryl methyl sites for hydroxylation is 1. The molecule has 0 fully saturated rings. The third-order valence-corrected chi connectivity index (χ3v) is 9.78. The Kier molecular flexibility index (Phi) is 3.93. The number of allylic oxidation sites excluding steroid dienone is 1. The molecule has 0 saturated heterocycles. The van der Waals surface area contributed by atoms with Crippen LogP contribution in [-0.4, -0.2) is 11.3 Å². The van der Waals surface area contributed by atoms with Crippen LogP contribution in [0.15, 0.2) is 96.5 Å². The molecule has 0 radical (unpaired) electrons. The minimum Gasteiger partial charge on any atom is -0.314 e. The van der Waals surface area contributed by atoms with Crippen molar-refractivity contribution in [1.82, 2.24) is 4.57 Å². The van der Waals surface area contributed by atoms with E-state index in [1.54, 1.807) is 16.7 Å². The van der Waals surface area contributed by atoms with E-state index in [1.807, 2.05) is 0 Å². The smallest absolute Gasteiger partial charge is 0.248 e. The summed E-state index contributed by atoms with van der Waals surface area (Å²) in [4.78, 5) is 2.57. The normalized spacial score (nSPS) is 17.8. The Bertz CT molecular complexity index is 1860. The number of rotatable bonds is 1. The minimum atomic E-state index is -0.0784. The summed E-state index contributed by atoms with van der Waals surface area (Å²) in [6.45, 7) is 5.14.